The van der Waals surface area contributed by atoms with E-state index >= 15 is 0 Å². The Morgan fingerprint density at radius 2 is 1.92 bits per heavy atom. The Kier molecular flexibility index (Phi) is 2.67. The summed E-state index contributed by atoms with van der Waals surface area (Å²) in [6.45, 7) is 0. The van der Waals surface area contributed by atoms with Crippen molar-refractivity contribution in [1.82, 2.24) is 5.09 Å². The van der Waals surface area contributed by atoms with E-state index in [0.29, 0.717) is 12.8 Å². The van der Waals surface area contributed by atoms with Crippen LogP contribution in [-0.2, 0) is 9.36 Å². The predicted molar refractivity (Wildman–Crippen MR) is 42.1 cm³/mol. The van der Waals surface area contributed by atoms with Crippen molar-refractivity contribution < 1.29 is 19.1 Å². The van der Waals surface area contributed by atoms with Crippen LogP contribution in [0.15, 0.2) is 12.2 Å². The van der Waals surface area contributed by atoms with Crippen molar-refractivity contribution in [2.45, 2.75) is 12.8 Å². The van der Waals surface area contributed by atoms with Crippen LogP contribution in [0, 0.1) is 5.92 Å². The van der Waals surface area contributed by atoms with E-state index in [0.717, 1.165) is 0 Å². The number of carbonyl (C=O) groups excluding carboxylic acids is 1. The SMILES string of the molecule is O=C(NP(=O)(O)O)C1CC=CC1. The van der Waals surface area contributed by atoms with Crippen LogP contribution in [0.5, 0.6) is 0 Å². The molecular weight excluding hydrogens is 181 g/mol. The Balaban J connectivity index is 2.44. The highest BCUT2D eigenvalue weighted by Gasteiger charge is 2.24. The second-order valence-electron chi connectivity index (χ2n) is 2.66. The molecular formula is C6H10NO4P. The Morgan fingerprint density at radius 1 is 1.42 bits per heavy atom. The lowest BCUT2D eigenvalue weighted by molar-refractivity contribution is -0.123. The Bertz CT molecular complexity index is 248. The number of allylic oxidation sites excluding steroid dienone is 2. The first-order valence-electron chi connectivity index (χ1n) is 3.52. The van der Waals surface area contributed by atoms with Gasteiger partial charge in [0, 0.05) is 5.92 Å². The predicted octanol–water partition coefficient (Wildman–Crippen LogP) is 0.161. The molecule has 0 aromatic rings. The molecule has 0 atom stereocenters. The molecule has 0 aromatic heterocycles. The molecule has 0 aromatic carbocycles. The summed E-state index contributed by atoms with van der Waals surface area (Å²) in [4.78, 5) is 27.8. The van der Waals surface area contributed by atoms with Gasteiger partial charge in [-0.05, 0) is 12.8 Å². The lowest BCUT2D eigenvalue weighted by Crippen LogP contribution is -2.26. The molecule has 0 fully saturated rings. The molecule has 1 aliphatic carbocycles. The van der Waals surface area contributed by atoms with Crippen LogP contribution < -0.4 is 5.09 Å². The minimum absolute atomic E-state index is 0.308. The topological polar surface area (TPSA) is 86.6 Å². The number of amides is 1. The van der Waals surface area contributed by atoms with Gasteiger partial charge in [-0.1, -0.05) is 12.2 Å². The second-order valence-corrected chi connectivity index (χ2v) is 3.97. The third kappa shape index (κ3) is 2.77. The van der Waals surface area contributed by atoms with Crippen molar-refractivity contribution in [3.05, 3.63) is 12.2 Å². The highest BCUT2D eigenvalue weighted by atomic mass is 31.2. The summed E-state index contributed by atoms with van der Waals surface area (Å²) >= 11 is 0. The molecule has 0 aliphatic heterocycles. The molecule has 0 radical (unpaired) electrons. The Morgan fingerprint density at radius 3 is 2.33 bits per heavy atom. The summed E-state index contributed by atoms with van der Waals surface area (Å²) in [6.07, 6.45) is 4.77. The van der Waals surface area contributed by atoms with E-state index in [1.54, 1.807) is 5.09 Å². The van der Waals surface area contributed by atoms with Crippen LogP contribution in [0.4, 0.5) is 0 Å². The first kappa shape index (κ1) is 9.45. The first-order chi connectivity index (χ1) is 5.49. The van der Waals surface area contributed by atoms with Gasteiger partial charge in [0.25, 0.3) is 0 Å². The average Bonchev–Trinajstić information content (AvgIpc) is 2.32. The molecule has 6 heteroatoms. The second kappa shape index (κ2) is 3.39. The summed E-state index contributed by atoms with van der Waals surface area (Å²) in [6, 6.07) is 0. The molecule has 12 heavy (non-hydrogen) atoms. The molecule has 5 nitrogen and oxygen atoms in total. The van der Waals surface area contributed by atoms with Crippen molar-refractivity contribution in [2.24, 2.45) is 5.92 Å². The maximum Gasteiger partial charge on any atom is 0.429 e. The molecule has 0 unspecified atom stereocenters. The third-order valence-corrected chi connectivity index (χ3v) is 2.15. The van der Waals surface area contributed by atoms with Crippen LogP contribution in [0.3, 0.4) is 0 Å². The van der Waals surface area contributed by atoms with Crippen LogP contribution in [0.25, 0.3) is 0 Å². The van der Waals surface area contributed by atoms with Gasteiger partial charge in [-0.15, -0.1) is 0 Å². The van der Waals surface area contributed by atoms with E-state index in [1.165, 1.54) is 0 Å². The Hall–Kier alpha value is -0.640. The lowest BCUT2D eigenvalue weighted by Gasteiger charge is -2.10. The normalized spacial score (nSPS) is 18.2. The summed E-state index contributed by atoms with van der Waals surface area (Å²) in [7, 11) is -4.40. The molecule has 1 amide bonds. The summed E-state index contributed by atoms with van der Waals surface area (Å²) in [5.41, 5.74) is 0. The molecule has 0 heterocycles. The zero-order chi connectivity index (χ0) is 9.19. The van der Waals surface area contributed by atoms with Crippen molar-refractivity contribution in [2.75, 3.05) is 0 Å². The number of nitrogens with one attached hydrogen (secondary N) is 1. The van der Waals surface area contributed by atoms with Crippen LogP contribution >= 0.6 is 7.75 Å². The van der Waals surface area contributed by atoms with Gasteiger partial charge in [-0.2, -0.15) is 0 Å². The van der Waals surface area contributed by atoms with Crippen LogP contribution in [0.2, 0.25) is 0 Å². The smallest absolute Gasteiger partial charge is 0.308 e. The lowest BCUT2D eigenvalue weighted by atomic mass is 10.1. The highest BCUT2D eigenvalue weighted by molar-refractivity contribution is 7.50. The fourth-order valence-electron chi connectivity index (χ4n) is 1.07. The van der Waals surface area contributed by atoms with Crippen molar-refractivity contribution in [1.29, 1.82) is 0 Å². The van der Waals surface area contributed by atoms with Gasteiger partial charge in [-0.25, -0.2) is 4.57 Å². The zero-order valence-corrected chi connectivity index (χ0v) is 7.20. The Labute approximate surface area is 69.7 Å². The van der Waals surface area contributed by atoms with E-state index in [-0.39, 0.29) is 5.92 Å². The van der Waals surface area contributed by atoms with E-state index < -0.39 is 13.7 Å². The van der Waals surface area contributed by atoms with Gasteiger partial charge in [0.2, 0.25) is 5.91 Å². The van der Waals surface area contributed by atoms with Crippen LogP contribution in [0.1, 0.15) is 12.8 Å². The molecule has 1 rings (SSSR count). The van der Waals surface area contributed by atoms with Gasteiger partial charge < -0.3 is 9.79 Å². The van der Waals surface area contributed by atoms with Crippen molar-refractivity contribution >= 4 is 13.7 Å². The number of hydrogen-bond donors (Lipinski definition) is 3. The highest BCUT2D eigenvalue weighted by Crippen LogP contribution is 2.30. The molecule has 3 N–H and O–H groups in total. The van der Waals surface area contributed by atoms with Gasteiger partial charge in [-0.3, -0.25) is 9.88 Å². The fraction of sp³-hybridized carbons (Fsp3) is 0.500. The molecule has 0 saturated carbocycles. The third-order valence-electron chi connectivity index (χ3n) is 1.63. The van der Waals surface area contributed by atoms with Gasteiger partial charge >= 0.3 is 7.75 Å². The van der Waals surface area contributed by atoms with Crippen molar-refractivity contribution in [3.8, 4) is 0 Å². The zero-order valence-electron chi connectivity index (χ0n) is 6.30. The molecule has 1 aliphatic rings. The molecule has 0 saturated heterocycles. The minimum atomic E-state index is -4.40. The number of carbonyl (C=O) groups is 1. The molecule has 68 valence electrons. The van der Waals surface area contributed by atoms with E-state index in [4.69, 9.17) is 9.79 Å². The maximum absolute atomic E-state index is 11.0. The monoisotopic (exact) mass is 191 g/mol. The maximum atomic E-state index is 11.0. The van der Waals surface area contributed by atoms with Crippen LogP contribution in [-0.4, -0.2) is 15.7 Å². The molecule has 0 bridgehead atoms. The first-order valence-corrected chi connectivity index (χ1v) is 5.13. The standard InChI is InChI=1S/C6H10NO4P/c8-6(7-12(9,10)11)5-3-1-2-4-5/h1-2,5H,3-4H2,(H3,7,8,9,10,11). The van der Waals surface area contributed by atoms with E-state index in [9.17, 15) is 9.36 Å². The fourth-order valence-corrected chi connectivity index (χ4v) is 1.54. The summed E-state index contributed by atoms with van der Waals surface area (Å²) in [5, 5.41) is 1.65. The van der Waals surface area contributed by atoms with Gasteiger partial charge in [0.1, 0.15) is 0 Å². The minimum Gasteiger partial charge on any atom is -0.308 e. The summed E-state index contributed by atoms with van der Waals surface area (Å²) in [5.74, 6) is -0.883. The van der Waals surface area contributed by atoms with Gasteiger partial charge in [0.05, 0.1) is 0 Å². The van der Waals surface area contributed by atoms with E-state index in [1.807, 2.05) is 12.2 Å². The largest absolute Gasteiger partial charge is 0.429 e. The van der Waals surface area contributed by atoms with E-state index in [2.05, 4.69) is 0 Å². The van der Waals surface area contributed by atoms with Gasteiger partial charge in [0.15, 0.2) is 0 Å². The quantitative estimate of drug-likeness (QED) is 0.428. The summed E-state index contributed by atoms with van der Waals surface area (Å²) < 4.78 is 10.3. The van der Waals surface area contributed by atoms with Crippen molar-refractivity contribution in [3.63, 3.8) is 0 Å². The molecule has 0 spiro atoms. The number of hydrogen-bond acceptors (Lipinski definition) is 2. The average molecular weight is 191 g/mol. The number of rotatable bonds is 2.